The minimum absolute atomic E-state index is 0.626. The Labute approximate surface area is 75.2 Å². The van der Waals surface area contributed by atoms with Crippen LogP contribution in [0.15, 0.2) is 35.4 Å². The van der Waals surface area contributed by atoms with Gasteiger partial charge < -0.3 is 0 Å². The van der Waals surface area contributed by atoms with Crippen molar-refractivity contribution >= 4 is 12.6 Å². The number of rotatable bonds is 1. The van der Waals surface area contributed by atoms with Gasteiger partial charge in [-0.2, -0.15) is 0 Å². The van der Waals surface area contributed by atoms with Gasteiger partial charge in [-0.25, -0.2) is 0 Å². The lowest BCUT2D eigenvalue weighted by Crippen LogP contribution is -1.77. The lowest BCUT2D eigenvalue weighted by molar-refractivity contribution is 0.913. The van der Waals surface area contributed by atoms with Crippen molar-refractivity contribution in [2.24, 2.45) is 0 Å². The first-order valence-electron chi connectivity index (χ1n) is 3.53. The molecule has 0 aliphatic heterocycles. The quantitative estimate of drug-likeness (QED) is 0.652. The zero-order valence-electron chi connectivity index (χ0n) is 6.23. The van der Waals surface area contributed by atoms with Crippen LogP contribution >= 0.6 is 12.6 Å². The molecular formula is C8H7N3S. The van der Waals surface area contributed by atoms with Gasteiger partial charge in [-0.05, 0) is 0 Å². The molecular weight excluding hydrogens is 170 g/mol. The molecule has 0 aliphatic rings. The van der Waals surface area contributed by atoms with Gasteiger partial charge in [0.05, 0.1) is 5.69 Å². The maximum Gasteiger partial charge on any atom is 0.143 e. The van der Waals surface area contributed by atoms with Crippen LogP contribution in [0.4, 0.5) is 0 Å². The largest absolute Gasteiger partial charge is 0.256 e. The van der Waals surface area contributed by atoms with Gasteiger partial charge in [0.25, 0.3) is 0 Å². The van der Waals surface area contributed by atoms with E-state index < -0.39 is 0 Å². The topological polar surface area (TPSA) is 41.6 Å². The Hall–Kier alpha value is -1.29. The molecule has 0 aliphatic carbocycles. The van der Waals surface area contributed by atoms with Crippen molar-refractivity contribution in [3.05, 3.63) is 30.3 Å². The Morgan fingerprint density at radius 2 is 1.92 bits per heavy atom. The van der Waals surface area contributed by atoms with E-state index >= 15 is 0 Å². The fraction of sp³-hybridized carbons (Fsp3) is 0. The number of hydrogen-bond donors (Lipinski definition) is 2. The molecule has 3 nitrogen and oxygen atoms in total. The SMILES string of the molecule is Sc1nn[nH]c1-c1ccccc1. The number of aromatic amines is 1. The van der Waals surface area contributed by atoms with Crippen LogP contribution in [0.5, 0.6) is 0 Å². The van der Waals surface area contributed by atoms with Crippen molar-refractivity contribution in [1.29, 1.82) is 0 Å². The van der Waals surface area contributed by atoms with Gasteiger partial charge in [-0.1, -0.05) is 35.5 Å². The molecule has 1 aromatic heterocycles. The van der Waals surface area contributed by atoms with Gasteiger partial charge in [0, 0.05) is 5.56 Å². The van der Waals surface area contributed by atoms with E-state index in [-0.39, 0.29) is 0 Å². The van der Waals surface area contributed by atoms with Gasteiger partial charge >= 0.3 is 0 Å². The van der Waals surface area contributed by atoms with E-state index in [0.29, 0.717) is 5.03 Å². The van der Waals surface area contributed by atoms with Gasteiger partial charge in [0.1, 0.15) is 5.03 Å². The molecule has 2 rings (SSSR count). The third-order valence-corrected chi connectivity index (χ3v) is 1.91. The van der Waals surface area contributed by atoms with E-state index in [2.05, 4.69) is 28.0 Å². The van der Waals surface area contributed by atoms with Gasteiger partial charge in [-0.3, -0.25) is 5.10 Å². The lowest BCUT2D eigenvalue weighted by Gasteiger charge is -1.94. The number of aromatic nitrogens is 3. The molecule has 0 fully saturated rings. The summed E-state index contributed by atoms with van der Waals surface area (Å²) in [6.45, 7) is 0. The van der Waals surface area contributed by atoms with Crippen molar-refractivity contribution in [3.8, 4) is 11.3 Å². The second-order valence-corrected chi connectivity index (χ2v) is 2.80. The Balaban J connectivity index is 2.51. The first-order chi connectivity index (χ1) is 5.88. The minimum atomic E-state index is 0.626. The Morgan fingerprint density at radius 3 is 2.50 bits per heavy atom. The molecule has 12 heavy (non-hydrogen) atoms. The van der Waals surface area contributed by atoms with E-state index in [4.69, 9.17) is 0 Å². The van der Waals surface area contributed by atoms with Crippen LogP contribution < -0.4 is 0 Å². The lowest BCUT2D eigenvalue weighted by atomic mass is 10.2. The van der Waals surface area contributed by atoms with Crippen LogP contribution in [0, 0.1) is 0 Å². The number of nitrogens with zero attached hydrogens (tertiary/aromatic N) is 2. The number of benzene rings is 1. The molecule has 0 amide bonds. The smallest absolute Gasteiger partial charge is 0.143 e. The van der Waals surface area contributed by atoms with E-state index in [1.165, 1.54) is 0 Å². The first kappa shape index (κ1) is 7.36. The molecule has 60 valence electrons. The molecule has 2 aromatic rings. The van der Waals surface area contributed by atoms with Gasteiger partial charge in [0.2, 0.25) is 0 Å². The third-order valence-electron chi connectivity index (χ3n) is 1.59. The Kier molecular flexibility index (Phi) is 1.83. The molecule has 0 unspecified atom stereocenters. The van der Waals surface area contributed by atoms with E-state index in [9.17, 15) is 0 Å². The molecule has 0 saturated carbocycles. The van der Waals surface area contributed by atoms with Crippen LogP contribution in [0.25, 0.3) is 11.3 Å². The summed E-state index contributed by atoms with van der Waals surface area (Å²) in [6, 6.07) is 9.85. The van der Waals surface area contributed by atoms with Crippen LogP contribution in [0.1, 0.15) is 0 Å². The van der Waals surface area contributed by atoms with E-state index in [1.807, 2.05) is 30.3 Å². The monoisotopic (exact) mass is 177 g/mol. The number of nitrogens with one attached hydrogen (secondary N) is 1. The molecule has 1 N–H and O–H groups in total. The van der Waals surface area contributed by atoms with Crippen molar-refractivity contribution in [2.75, 3.05) is 0 Å². The second-order valence-electron chi connectivity index (χ2n) is 2.38. The molecule has 0 bridgehead atoms. The summed E-state index contributed by atoms with van der Waals surface area (Å²) >= 11 is 4.16. The molecule has 0 radical (unpaired) electrons. The average molecular weight is 177 g/mol. The minimum Gasteiger partial charge on any atom is -0.256 e. The maximum absolute atomic E-state index is 4.16. The fourth-order valence-electron chi connectivity index (χ4n) is 1.02. The fourth-order valence-corrected chi connectivity index (χ4v) is 1.24. The second kappa shape index (κ2) is 2.98. The van der Waals surface area contributed by atoms with Crippen LogP contribution in [0.2, 0.25) is 0 Å². The zero-order valence-corrected chi connectivity index (χ0v) is 7.12. The van der Waals surface area contributed by atoms with Crippen LogP contribution in [-0.2, 0) is 0 Å². The average Bonchev–Trinajstić information content (AvgIpc) is 2.53. The summed E-state index contributed by atoms with van der Waals surface area (Å²) in [4.78, 5) is 0. The highest BCUT2D eigenvalue weighted by Gasteiger charge is 2.03. The zero-order chi connectivity index (χ0) is 8.39. The standard InChI is InChI=1S/C8H7N3S/c12-8-7(9-11-10-8)6-4-2-1-3-5-6/h1-5H,(H2,9,10,11,12). The van der Waals surface area contributed by atoms with Gasteiger partial charge in [0.15, 0.2) is 0 Å². The third kappa shape index (κ3) is 1.21. The molecule has 0 atom stereocenters. The highest BCUT2D eigenvalue weighted by atomic mass is 32.1. The summed E-state index contributed by atoms with van der Waals surface area (Å²) in [5.41, 5.74) is 1.91. The normalized spacial score (nSPS) is 10.1. The summed E-state index contributed by atoms with van der Waals surface area (Å²) in [6.07, 6.45) is 0. The number of H-pyrrole nitrogens is 1. The summed E-state index contributed by atoms with van der Waals surface area (Å²) in [5, 5.41) is 10.8. The van der Waals surface area contributed by atoms with E-state index in [1.54, 1.807) is 0 Å². The number of thiol groups is 1. The van der Waals surface area contributed by atoms with Crippen molar-refractivity contribution in [3.63, 3.8) is 0 Å². The predicted octanol–water partition coefficient (Wildman–Crippen LogP) is 1.76. The Morgan fingerprint density at radius 1 is 1.17 bits per heavy atom. The maximum atomic E-state index is 4.16. The predicted molar refractivity (Wildman–Crippen MR) is 49.1 cm³/mol. The van der Waals surface area contributed by atoms with Crippen LogP contribution in [-0.4, -0.2) is 15.4 Å². The van der Waals surface area contributed by atoms with Crippen molar-refractivity contribution in [1.82, 2.24) is 15.4 Å². The molecule has 1 aromatic carbocycles. The summed E-state index contributed by atoms with van der Waals surface area (Å²) in [5.74, 6) is 0. The van der Waals surface area contributed by atoms with Crippen LogP contribution in [0.3, 0.4) is 0 Å². The Bertz CT molecular complexity index is 369. The molecule has 0 spiro atoms. The molecule has 4 heteroatoms. The van der Waals surface area contributed by atoms with E-state index in [0.717, 1.165) is 11.3 Å². The summed E-state index contributed by atoms with van der Waals surface area (Å²) < 4.78 is 0. The van der Waals surface area contributed by atoms with Gasteiger partial charge in [-0.15, -0.1) is 17.7 Å². The first-order valence-corrected chi connectivity index (χ1v) is 3.98. The molecule has 0 saturated heterocycles. The number of hydrogen-bond acceptors (Lipinski definition) is 3. The molecule has 1 heterocycles. The summed E-state index contributed by atoms with van der Waals surface area (Å²) in [7, 11) is 0. The van der Waals surface area contributed by atoms with Crippen molar-refractivity contribution < 1.29 is 0 Å². The highest BCUT2D eigenvalue weighted by molar-refractivity contribution is 7.80. The van der Waals surface area contributed by atoms with Crippen molar-refractivity contribution in [2.45, 2.75) is 5.03 Å². The highest BCUT2D eigenvalue weighted by Crippen LogP contribution is 2.20.